The number of aromatic hydroxyl groups is 1. The SMILES string of the molecule is CC(Oc1ccc(O)cc1)C(C)c1ccc(OO)cc1. The lowest BCUT2D eigenvalue weighted by atomic mass is 9.96. The van der Waals surface area contributed by atoms with Crippen LogP contribution in [-0.2, 0) is 0 Å². The van der Waals surface area contributed by atoms with Gasteiger partial charge < -0.3 is 14.7 Å². The normalized spacial score (nSPS) is 13.6. The maximum absolute atomic E-state index is 9.24. The van der Waals surface area contributed by atoms with Crippen LogP contribution in [0.25, 0.3) is 0 Å². The Morgan fingerprint density at radius 2 is 1.40 bits per heavy atom. The van der Waals surface area contributed by atoms with Crippen LogP contribution >= 0.6 is 0 Å². The minimum atomic E-state index is -0.0274. The van der Waals surface area contributed by atoms with Gasteiger partial charge in [-0.05, 0) is 48.9 Å². The average Bonchev–Trinajstić information content (AvgIpc) is 2.49. The summed E-state index contributed by atoms with van der Waals surface area (Å²) < 4.78 is 5.85. The predicted molar refractivity (Wildman–Crippen MR) is 76.3 cm³/mol. The predicted octanol–water partition coefficient (Wildman–Crippen LogP) is 3.82. The lowest BCUT2D eigenvalue weighted by Crippen LogP contribution is -2.19. The fourth-order valence-electron chi connectivity index (χ4n) is 1.94. The van der Waals surface area contributed by atoms with E-state index in [1.54, 1.807) is 36.4 Å². The van der Waals surface area contributed by atoms with Gasteiger partial charge in [0.1, 0.15) is 17.6 Å². The first-order valence-electron chi connectivity index (χ1n) is 6.47. The van der Waals surface area contributed by atoms with Crippen LogP contribution < -0.4 is 9.62 Å². The molecule has 4 heteroatoms. The van der Waals surface area contributed by atoms with Gasteiger partial charge in [0.05, 0.1) is 0 Å². The third-order valence-electron chi connectivity index (χ3n) is 3.37. The van der Waals surface area contributed by atoms with Crippen LogP contribution in [0, 0.1) is 0 Å². The zero-order valence-corrected chi connectivity index (χ0v) is 11.5. The van der Waals surface area contributed by atoms with Gasteiger partial charge in [0.15, 0.2) is 5.75 Å². The highest BCUT2D eigenvalue weighted by atomic mass is 17.1. The smallest absolute Gasteiger partial charge is 0.165 e. The van der Waals surface area contributed by atoms with Crippen molar-refractivity contribution in [2.75, 3.05) is 0 Å². The van der Waals surface area contributed by atoms with Crippen LogP contribution in [0.4, 0.5) is 0 Å². The summed E-state index contributed by atoms with van der Waals surface area (Å²) in [5, 5.41) is 17.8. The lowest BCUT2D eigenvalue weighted by molar-refractivity contribution is -0.137. The van der Waals surface area contributed by atoms with E-state index in [-0.39, 0.29) is 17.8 Å². The van der Waals surface area contributed by atoms with Gasteiger partial charge in [-0.1, -0.05) is 19.1 Å². The zero-order valence-electron chi connectivity index (χ0n) is 11.5. The molecule has 2 atom stereocenters. The van der Waals surface area contributed by atoms with Crippen LogP contribution in [-0.4, -0.2) is 16.5 Å². The van der Waals surface area contributed by atoms with Gasteiger partial charge in [-0.25, -0.2) is 5.26 Å². The Morgan fingerprint density at radius 1 is 0.850 bits per heavy atom. The monoisotopic (exact) mass is 274 g/mol. The second kappa shape index (κ2) is 6.30. The Morgan fingerprint density at radius 3 is 1.95 bits per heavy atom. The highest BCUT2D eigenvalue weighted by Gasteiger charge is 2.16. The molecule has 20 heavy (non-hydrogen) atoms. The number of hydrogen-bond acceptors (Lipinski definition) is 4. The number of phenolic OH excluding ortho intramolecular Hbond substituents is 1. The molecule has 2 N–H and O–H groups in total. The number of benzene rings is 2. The van der Waals surface area contributed by atoms with Crippen LogP contribution in [0.2, 0.25) is 0 Å². The summed E-state index contributed by atoms with van der Waals surface area (Å²) >= 11 is 0. The van der Waals surface area contributed by atoms with E-state index in [0.29, 0.717) is 5.75 Å². The summed E-state index contributed by atoms with van der Waals surface area (Å²) in [6.07, 6.45) is -0.0274. The van der Waals surface area contributed by atoms with Crippen LogP contribution in [0.1, 0.15) is 25.3 Å². The van der Waals surface area contributed by atoms with Gasteiger partial charge in [-0.3, -0.25) is 0 Å². The van der Waals surface area contributed by atoms with Crippen molar-refractivity contribution in [3.8, 4) is 17.2 Å². The average molecular weight is 274 g/mol. The molecule has 0 spiro atoms. The maximum atomic E-state index is 9.24. The van der Waals surface area contributed by atoms with E-state index in [2.05, 4.69) is 11.8 Å². The van der Waals surface area contributed by atoms with Crippen molar-refractivity contribution < 1.29 is 20.0 Å². The van der Waals surface area contributed by atoms with Crippen molar-refractivity contribution in [3.05, 3.63) is 54.1 Å². The van der Waals surface area contributed by atoms with E-state index in [9.17, 15) is 5.11 Å². The van der Waals surface area contributed by atoms with E-state index >= 15 is 0 Å². The van der Waals surface area contributed by atoms with Crippen molar-refractivity contribution in [2.24, 2.45) is 0 Å². The van der Waals surface area contributed by atoms with E-state index in [4.69, 9.17) is 9.99 Å². The Hall–Kier alpha value is -2.20. The van der Waals surface area contributed by atoms with Gasteiger partial charge in [-0.15, -0.1) is 0 Å². The van der Waals surface area contributed by atoms with Gasteiger partial charge in [-0.2, -0.15) is 0 Å². The summed E-state index contributed by atoms with van der Waals surface area (Å²) in [5.41, 5.74) is 1.09. The number of rotatable bonds is 5. The van der Waals surface area contributed by atoms with Crippen molar-refractivity contribution in [3.63, 3.8) is 0 Å². The molecule has 0 aliphatic rings. The zero-order chi connectivity index (χ0) is 14.5. The molecular weight excluding hydrogens is 256 g/mol. The first kappa shape index (κ1) is 14.2. The second-order valence-electron chi connectivity index (χ2n) is 4.77. The molecular formula is C16H18O4. The van der Waals surface area contributed by atoms with E-state index in [0.717, 1.165) is 11.3 Å². The van der Waals surface area contributed by atoms with Gasteiger partial charge in [0, 0.05) is 5.92 Å². The molecule has 4 nitrogen and oxygen atoms in total. The van der Waals surface area contributed by atoms with Crippen molar-refractivity contribution in [2.45, 2.75) is 25.9 Å². The van der Waals surface area contributed by atoms with E-state index in [1.165, 1.54) is 0 Å². The Labute approximate surface area is 118 Å². The largest absolute Gasteiger partial charge is 0.508 e. The summed E-state index contributed by atoms with van der Waals surface area (Å²) in [5.74, 6) is 1.53. The van der Waals surface area contributed by atoms with Gasteiger partial charge in [0.2, 0.25) is 0 Å². The van der Waals surface area contributed by atoms with Gasteiger partial charge in [0.25, 0.3) is 0 Å². The first-order valence-corrected chi connectivity index (χ1v) is 6.47. The molecule has 0 radical (unpaired) electrons. The van der Waals surface area contributed by atoms with Crippen molar-refractivity contribution in [1.82, 2.24) is 0 Å². The second-order valence-corrected chi connectivity index (χ2v) is 4.77. The topological polar surface area (TPSA) is 58.9 Å². The summed E-state index contributed by atoms with van der Waals surface area (Å²) in [4.78, 5) is 4.16. The molecule has 0 aliphatic heterocycles. The number of ether oxygens (including phenoxy) is 1. The summed E-state index contributed by atoms with van der Waals surface area (Å²) in [6.45, 7) is 4.06. The molecule has 0 saturated carbocycles. The Kier molecular flexibility index (Phi) is 4.48. The Bertz CT molecular complexity index is 533. The molecule has 0 heterocycles. The van der Waals surface area contributed by atoms with E-state index < -0.39 is 0 Å². The lowest BCUT2D eigenvalue weighted by Gasteiger charge is -2.22. The van der Waals surface area contributed by atoms with Crippen LogP contribution in [0.3, 0.4) is 0 Å². The molecule has 0 aromatic heterocycles. The summed E-state index contributed by atoms with van der Waals surface area (Å²) in [7, 11) is 0. The number of hydrogen-bond donors (Lipinski definition) is 2. The molecule has 0 bridgehead atoms. The third kappa shape index (κ3) is 3.42. The molecule has 0 aliphatic carbocycles. The molecule has 2 unspecified atom stereocenters. The molecule has 0 fully saturated rings. The molecule has 2 aromatic carbocycles. The first-order chi connectivity index (χ1) is 9.60. The molecule has 2 rings (SSSR count). The van der Waals surface area contributed by atoms with Crippen molar-refractivity contribution in [1.29, 1.82) is 0 Å². The minimum absolute atomic E-state index is 0.0274. The van der Waals surface area contributed by atoms with Crippen LogP contribution in [0.5, 0.6) is 17.2 Å². The quantitative estimate of drug-likeness (QED) is 0.643. The van der Waals surface area contributed by atoms with E-state index in [1.807, 2.05) is 19.1 Å². The maximum Gasteiger partial charge on any atom is 0.165 e. The molecule has 0 amide bonds. The Balaban J connectivity index is 2.03. The fraction of sp³-hybridized carbons (Fsp3) is 0.250. The fourth-order valence-corrected chi connectivity index (χ4v) is 1.94. The highest BCUT2D eigenvalue weighted by molar-refractivity contribution is 5.32. The minimum Gasteiger partial charge on any atom is -0.508 e. The molecule has 0 saturated heterocycles. The molecule has 106 valence electrons. The highest BCUT2D eigenvalue weighted by Crippen LogP contribution is 2.26. The molecule has 2 aromatic rings. The van der Waals surface area contributed by atoms with Crippen molar-refractivity contribution >= 4 is 0 Å². The van der Waals surface area contributed by atoms with Crippen LogP contribution in [0.15, 0.2) is 48.5 Å². The van der Waals surface area contributed by atoms with Gasteiger partial charge >= 0.3 is 0 Å². The summed E-state index contributed by atoms with van der Waals surface area (Å²) in [6, 6.07) is 13.9. The standard InChI is InChI=1S/C16H18O4/c1-11(13-3-7-16(20-18)8-4-13)12(2)19-15-9-5-14(17)6-10-15/h3-12,17-18H,1-2H3. The number of phenols is 1. The third-order valence-corrected chi connectivity index (χ3v) is 3.37.